The van der Waals surface area contributed by atoms with E-state index in [9.17, 15) is 0 Å². The zero-order chi connectivity index (χ0) is 11.5. The topological polar surface area (TPSA) is 34.2 Å². The van der Waals surface area contributed by atoms with Crippen molar-refractivity contribution in [2.45, 2.75) is 51.9 Å². The maximum Gasteiger partial charge on any atom is 0.129 e. The molecule has 0 amide bonds. The molecular formula is C13H20N2O. The lowest BCUT2D eigenvalue weighted by molar-refractivity contribution is -0.0338. The van der Waals surface area contributed by atoms with Crippen molar-refractivity contribution < 1.29 is 4.74 Å². The van der Waals surface area contributed by atoms with Crippen molar-refractivity contribution in [2.24, 2.45) is 0 Å². The fourth-order valence-corrected chi connectivity index (χ4v) is 2.35. The fourth-order valence-electron chi connectivity index (χ4n) is 2.35. The monoisotopic (exact) mass is 220 g/mol. The Bertz CT molecular complexity index is 344. The van der Waals surface area contributed by atoms with Crippen molar-refractivity contribution in [3.05, 3.63) is 23.9 Å². The Hall–Kier alpha value is -1.09. The first kappa shape index (κ1) is 11.4. The normalized spacial score (nSPS) is 30.1. The molecule has 2 rings (SSSR count). The smallest absolute Gasteiger partial charge is 0.129 e. The third-order valence-corrected chi connectivity index (χ3v) is 3.05. The van der Waals surface area contributed by atoms with Crippen LogP contribution in [0.2, 0.25) is 0 Å². The number of aryl methyl sites for hydroxylation is 1. The molecule has 2 atom stereocenters. The fraction of sp³-hybridized carbons (Fsp3) is 0.615. The van der Waals surface area contributed by atoms with E-state index in [0.29, 0.717) is 18.2 Å². The van der Waals surface area contributed by atoms with E-state index in [1.54, 1.807) is 0 Å². The summed E-state index contributed by atoms with van der Waals surface area (Å²) in [4.78, 5) is 4.37. The average Bonchev–Trinajstić information content (AvgIpc) is 2.20. The Morgan fingerprint density at radius 2 is 2.00 bits per heavy atom. The third kappa shape index (κ3) is 2.73. The van der Waals surface area contributed by atoms with Crippen molar-refractivity contribution >= 4 is 5.82 Å². The number of aromatic nitrogens is 1. The van der Waals surface area contributed by atoms with Gasteiger partial charge in [0.2, 0.25) is 0 Å². The van der Waals surface area contributed by atoms with E-state index in [0.717, 1.165) is 18.7 Å². The lowest BCUT2D eigenvalue weighted by atomic mass is 10.00. The summed E-state index contributed by atoms with van der Waals surface area (Å²) in [7, 11) is 0. The van der Waals surface area contributed by atoms with Crippen LogP contribution in [0.5, 0.6) is 0 Å². The maximum absolute atomic E-state index is 5.72. The van der Waals surface area contributed by atoms with Crippen molar-refractivity contribution in [3.63, 3.8) is 0 Å². The minimum Gasteiger partial charge on any atom is -0.375 e. The molecule has 0 spiro atoms. The molecule has 1 fully saturated rings. The molecular weight excluding hydrogens is 200 g/mol. The number of nitrogens with zero attached hydrogens (tertiary/aromatic N) is 1. The molecule has 2 unspecified atom stereocenters. The highest BCUT2D eigenvalue weighted by molar-refractivity contribution is 5.43. The van der Waals surface area contributed by atoms with Crippen LogP contribution in [0.15, 0.2) is 18.3 Å². The van der Waals surface area contributed by atoms with Crippen LogP contribution in [0, 0.1) is 6.92 Å². The zero-order valence-corrected chi connectivity index (χ0v) is 10.2. The highest BCUT2D eigenvalue weighted by Gasteiger charge is 2.24. The van der Waals surface area contributed by atoms with E-state index in [4.69, 9.17) is 4.74 Å². The van der Waals surface area contributed by atoms with E-state index >= 15 is 0 Å². The van der Waals surface area contributed by atoms with E-state index < -0.39 is 0 Å². The number of pyridine rings is 1. The summed E-state index contributed by atoms with van der Waals surface area (Å²) in [5, 5.41) is 3.52. The van der Waals surface area contributed by atoms with Crippen LogP contribution < -0.4 is 5.32 Å². The molecule has 1 aromatic heterocycles. The van der Waals surface area contributed by atoms with Crippen LogP contribution in [0.3, 0.4) is 0 Å². The Morgan fingerprint density at radius 3 is 2.62 bits per heavy atom. The summed E-state index contributed by atoms with van der Waals surface area (Å²) >= 11 is 0. The lowest BCUT2D eigenvalue weighted by Crippen LogP contribution is -2.37. The predicted molar refractivity (Wildman–Crippen MR) is 65.6 cm³/mol. The van der Waals surface area contributed by atoms with Gasteiger partial charge in [-0.1, -0.05) is 6.07 Å². The molecule has 0 bridgehead atoms. The zero-order valence-electron chi connectivity index (χ0n) is 10.2. The van der Waals surface area contributed by atoms with Gasteiger partial charge in [-0.05, 0) is 45.2 Å². The maximum atomic E-state index is 5.72. The second-order valence-corrected chi connectivity index (χ2v) is 4.74. The Kier molecular flexibility index (Phi) is 3.44. The predicted octanol–water partition coefficient (Wildman–Crippen LogP) is 2.76. The van der Waals surface area contributed by atoms with E-state index in [1.165, 1.54) is 5.56 Å². The van der Waals surface area contributed by atoms with Gasteiger partial charge in [0.25, 0.3) is 0 Å². The van der Waals surface area contributed by atoms with Crippen molar-refractivity contribution in [1.29, 1.82) is 0 Å². The highest BCUT2D eigenvalue weighted by Crippen LogP contribution is 2.22. The molecule has 0 aliphatic carbocycles. The summed E-state index contributed by atoms with van der Waals surface area (Å²) in [5.41, 5.74) is 1.20. The van der Waals surface area contributed by atoms with E-state index in [1.807, 2.05) is 12.3 Å². The second-order valence-electron chi connectivity index (χ2n) is 4.74. The molecule has 0 aromatic carbocycles. The highest BCUT2D eigenvalue weighted by atomic mass is 16.5. The van der Waals surface area contributed by atoms with Crippen molar-refractivity contribution in [2.75, 3.05) is 5.32 Å². The standard InChI is InChI=1S/C13H20N2O/c1-9-5-4-6-14-13(9)15-12-7-10(2)16-11(3)8-12/h4-6,10-12H,7-8H2,1-3H3,(H,14,15). The molecule has 16 heavy (non-hydrogen) atoms. The van der Waals surface area contributed by atoms with Gasteiger partial charge in [0.15, 0.2) is 0 Å². The number of rotatable bonds is 2. The van der Waals surface area contributed by atoms with Crippen molar-refractivity contribution in [3.8, 4) is 0 Å². The average molecular weight is 220 g/mol. The SMILES string of the molecule is Cc1cccnc1NC1CC(C)OC(C)C1. The van der Waals surface area contributed by atoms with Gasteiger partial charge in [-0.3, -0.25) is 0 Å². The second kappa shape index (κ2) is 4.83. The molecule has 0 radical (unpaired) electrons. The van der Waals surface area contributed by atoms with Gasteiger partial charge in [0.1, 0.15) is 5.82 Å². The summed E-state index contributed by atoms with van der Waals surface area (Å²) in [6.45, 7) is 6.35. The van der Waals surface area contributed by atoms with Crippen LogP contribution in [0.4, 0.5) is 5.82 Å². The lowest BCUT2D eigenvalue weighted by Gasteiger charge is -2.33. The quantitative estimate of drug-likeness (QED) is 0.832. The summed E-state index contributed by atoms with van der Waals surface area (Å²) in [5.74, 6) is 1.01. The molecule has 3 nitrogen and oxygen atoms in total. The number of nitrogens with one attached hydrogen (secondary N) is 1. The number of anilines is 1. The molecule has 1 aliphatic rings. The van der Waals surface area contributed by atoms with Gasteiger partial charge in [0, 0.05) is 12.2 Å². The summed E-state index contributed by atoms with van der Waals surface area (Å²) in [6, 6.07) is 4.53. The van der Waals surface area contributed by atoms with Crippen LogP contribution in [-0.4, -0.2) is 23.2 Å². The van der Waals surface area contributed by atoms with E-state index in [2.05, 4.69) is 37.1 Å². The van der Waals surface area contributed by atoms with Gasteiger partial charge in [-0.2, -0.15) is 0 Å². The minimum absolute atomic E-state index is 0.338. The molecule has 88 valence electrons. The Morgan fingerprint density at radius 1 is 1.31 bits per heavy atom. The molecule has 1 aromatic rings. The molecule has 1 saturated heterocycles. The van der Waals surface area contributed by atoms with Crippen LogP contribution in [0.1, 0.15) is 32.3 Å². The molecule has 2 heterocycles. The third-order valence-electron chi connectivity index (χ3n) is 3.05. The van der Waals surface area contributed by atoms with Gasteiger partial charge in [0.05, 0.1) is 12.2 Å². The largest absolute Gasteiger partial charge is 0.375 e. The number of hydrogen-bond acceptors (Lipinski definition) is 3. The van der Waals surface area contributed by atoms with Crippen LogP contribution in [-0.2, 0) is 4.74 Å². The minimum atomic E-state index is 0.338. The molecule has 0 saturated carbocycles. The summed E-state index contributed by atoms with van der Waals surface area (Å²) < 4.78 is 5.72. The van der Waals surface area contributed by atoms with Gasteiger partial charge in [-0.15, -0.1) is 0 Å². The van der Waals surface area contributed by atoms with Crippen LogP contribution >= 0.6 is 0 Å². The van der Waals surface area contributed by atoms with Gasteiger partial charge >= 0.3 is 0 Å². The van der Waals surface area contributed by atoms with E-state index in [-0.39, 0.29) is 0 Å². The molecule has 3 heteroatoms. The summed E-state index contributed by atoms with van der Waals surface area (Å²) in [6.07, 6.45) is 4.62. The Labute approximate surface area is 97.2 Å². The molecule has 1 aliphatic heterocycles. The number of hydrogen-bond donors (Lipinski definition) is 1. The first-order valence-corrected chi connectivity index (χ1v) is 5.98. The van der Waals surface area contributed by atoms with Gasteiger partial charge < -0.3 is 10.1 Å². The van der Waals surface area contributed by atoms with Crippen LogP contribution in [0.25, 0.3) is 0 Å². The Balaban J connectivity index is 2.02. The number of ether oxygens (including phenoxy) is 1. The van der Waals surface area contributed by atoms with Crippen molar-refractivity contribution in [1.82, 2.24) is 4.98 Å². The first-order chi connectivity index (χ1) is 7.65. The van der Waals surface area contributed by atoms with Gasteiger partial charge in [-0.25, -0.2) is 4.98 Å². The molecule has 1 N–H and O–H groups in total. The first-order valence-electron chi connectivity index (χ1n) is 5.98.